The van der Waals surface area contributed by atoms with Crippen LogP contribution < -0.4 is 5.73 Å². The maximum atomic E-state index is 10.9. The van der Waals surface area contributed by atoms with Crippen molar-refractivity contribution in [2.45, 2.75) is 30.4 Å². The van der Waals surface area contributed by atoms with E-state index >= 15 is 0 Å². The van der Waals surface area contributed by atoms with E-state index < -0.39 is 16.8 Å². The fraction of sp³-hybridized carbons (Fsp3) is 0.417. The number of carbonyl (C=O) groups is 1. The summed E-state index contributed by atoms with van der Waals surface area (Å²) in [4.78, 5) is 15.2. The van der Waals surface area contributed by atoms with E-state index in [1.165, 1.54) is 11.8 Å². The summed E-state index contributed by atoms with van der Waals surface area (Å²) in [6.07, 6.45) is 0. The molecule has 108 valence electrons. The van der Waals surface area contributed by atoms with Crippen molar-refractivity contribution in [3.05, 3.63) is 22.7 Å². The highest BCUT2D eigenvalue weighted by atomic mass is 32.2. The van der Waals surface area contributed by atoms with Gasteiger partial charge in [0.1, 0.15) is 6.04 Å². The highest BCUT2D eigenvalue weighted by molar-refractivity contribution is 7.99. The van der Waals surface area contributed by atoms with Crippen molar-refractivity contribution in [1.82, 2.24) is 10.1 Å². The first kappa shape index (κ1) is 15.0. The molecule has 2 rings (SSSR count). The van der Waals surface area contributed by atoms with Crippen LogP contribution in [0.2, 0.25) is 0 Å². The first-order valence-electron chi connectivity index (χ1n) is 5.87. The molecular formula is C12H15N3O3S2. The number of hydrogen-bond donors (Lipinski definition) is 2. The minimum absolute atomic E-state index is 0.446. The molecule has 20 heavy (non-hydrogen) atoms. The average Bonchev–Trinajstić information content (AvgIpc) is 3.05. The zero-order chi connectivity index (χ0) is 14.8. The predicted molar refractivity (Wildman–Crippen MR) is 78.6 cm³/mol. The van der Waals surface area contributed by atoms with E-state index in [1.807, 2.05) is 16.8 Å². The minimum atomic E-state index is -1.02. The molecule has 0 aliphatic carbocycles. The molecule has 0 unspecified atom stereocenters. The molecule has 0 aliphatic rings. The van der Waals surface area contributed by atoms with Gasteiger partial charge >= 0.3 is 5.97 Å². The lowest BCUT2D eigenvalue weighted by molar-refractivity contribution is -0.139. The Balaban J connectivity index is 2.00. The van der Waals surface area contributed by atoms with E-state index in [1.54, 1.807) is 25.2 Å². The maximum Gasteiger partial charge on any atom is 0.321 e. The van der Waals surface area contributed by atoms with Crippen LogP contribution in [0.25, 0.3) is 11.5 Å². The van der Waals surface area contributed by atoms with Crippen LogP contribution >= 0.6 is 23.1 Å². The van der Waals surface area contributed by atoms with Crippen molar-refractivity contribution >= 4 is 29.1 Å². The fourth-order valence-corrected chi connectivity index (χ4v) is 2.98. The molecule has 0 aromatic carbocycles. The van der Waals surface area contributed by atoms with Gasteiger partial charge in [-0.25, -0.2) is 0 Å². The zero-order valence-corrected chi connectivity index (χ0v) is 12.7. The Morgan fingerprint density at radius 3 is 3.00 bits per heavy atom. The Labute approximate surface area is 124 Å². The van der Waals surface area contributed by atoms with Crippen molar-refractivity contribution in [2.75, 3.05) is 0 Å². The van der Waals surface area contributed by atoms with Gasteiger partial charge in [0.15, 0.2) is 5.82 Å². The van der Waals surface area contributed by atoms with Crippen LogP contribution in [0.1, 0.15) is 19.7 Å². The lowest BCUT2D eigenvalue weighted by atomic mass is 10.1. The van der Waals surface area contributed by atoms with Crippen molar-refractivity contribution in [3.63, 3.8) is 0 Å². The Bertz CT molecular complexity index is 581. The van der Waals surface area contributed by atoms with Crippen molar-refractivity contribution in [3.8, 4) is 11.5 Å². The van der Waals surface area contributed by atoms with E-state index in [0.717, 1.165) is 5.56 Å². The van der Waals surface area contributed by atoms with Gasteiger partial charge in [-0.1, -0.05) is 5.16 Å². The zero-order valence-electron chi connectivity index (χ0n) is 11.1. The normalized spacial score (nSPS) is 13.3. The van der Waals surface area contributed by atoms with Crippen LogP contribution in [0.5, 0.6) is 0 Å². The highest BCUT2D eigenvalue weighted by Crippen LogP contribution is 2.30. The van der Waals surface area contributed by atoms with E-state index in [-0.39, 0.29) is 0 Å². The third-order valence-electron chi connectivity index (χ3n) is 2.82. The number of carboxylic acid groups (broad SMARTS) is 1. The van der Waals surface area contributed by atoms with Crippen LogP contribution in [0.4, 0.5) is 0 Å². The molecule has 0 saturated carbocycles. The summed E-state index contributed by atoms with van der Waals surface area (Å²) in [5, 5.41) is 16.7. The highest BCUT2D eigenvalue weighted by Gasteiger charge is 2.33. The topological polar surface area (TPSA) is 102 Å². The van der Waals surface area contributed by atoms with Crippen LogP contribution in [0.15, 0.2) is 21.3 Å². The van der Waals surface area contributed by atoms with Gasteiger partial charge < -0.3 is 15.4 Å². The maximum absolute atomic E-state index is 10.9. The van der Waals surface area contributed by atoms with Gasteiger partial charge in [0.05, 0.1) is 11.3 Å². The quantitative estimate of drug-likeness (QED) is 0.843. The minimum Gasteiger partial charge on any atom is -0.480 e. The smallest absolute Gasteiger partial charge is 0.321 e. The molecule has 2 heterocycles. The molecule has 0 aliphatic heterocycles. The Morgan fingerprint density at radius 1 is 1.65 bits per heavy atom. The molecule has 1 atom stereocenters. The van der Waals surface area contributed by atoms with Crippen LogP contribution in [0.3, 0.4) is 0 Å². The third-order valence-corrected chi connectivity index (χ3v) is 4.91. The summed E-state index contributed by atoms with van der Waals surface area (Å²) in [6, 6.07) is 0.954. The fourth-order valence-electron chi connectivity index (χ4n) is 1.45. The largest absolute Gasteiger partial charge is 0.480 e. The van der Waals surface area contributed by atoms with Gasteiger partial charge in [-0.3, -0.25) is 4.79 Å². The summed E-state index contributed by atoms with van der Waals surface area (Å²) < 4.78 is 4.55. The summed E-state index contributed by atoms with van der Waals surface area (Å²) in [7, 11) is 0. The molecular weight excluding hydrogens is 298 g/mol. The summed E-state index contributed by atoms with van der Waals surface area (Å²) in [5.41, 5.74) is 6.55. The molecule has 6 nitrogen and oxygen atoms in total. The molecule has 8 heteroatoms. The molecule has 0 radical (unpaired) electrons. The first-order valence-corrected chi connectivity index (χ1v) is 7.80. The molecule has 3 N–H and O–H groups in total. The first-order chi connectivity index (χ1) is 9.40. The molecule has 0 saturated heterocycles. The lowest BCUT2D eigenvalue weighted by Gasteiger charge is -2.27. The second-order valence-corrected chi connectivity index (χ2v) is 7.15. The second kappa shape index (κ2) is 5.94. The SMILES string of the molecule is CC(C)(SCc1noc(-c2ccsc2)n1)[C@@H](N)C(=O)O. The Kier molecular flexibility index (Phi) is 4.46. The van der Waals surface area contributed by atoms with Crippen molar-refractivity contribution in [2.24, 2.45) is 5.73 Å². The molecule has 0 bridgehead atoms. The number of hydrogen-bond acceptors (Lipinski definition) is 7. The van der Waals surface area contributed by atoms with E-state index in [2.05, 4.69) is 10.1 Å². The van der Waals surface area contributed by atoms with Gasteiger partial charge in [0.25, 0.3) is 5.89 Å². The number of rotatable bonds is 6. The third kappa shape index (κ3) is 3.38. The van der Waals surface area contributed by atoms with Crippen LogP contribution in [0, 0.1) is 0 Å². The number of aliphatic carboxylic acids is 1. The van der Waals surface area contributed by atoms with E-state index in [9.17, 15) is 4.79 Å². The van der Waals surface area contributed by atoms with Crippen molar-refractivity contribution < 1.29 is 14.4 Å². The Morgan fingerprint density at radius 2 is 2.40 bits per heavy atom. The van der Waals surface area contributed by atoms with Crippen molar-refractivity contribution in [1.29, 1.82) is 0 Å². The summed E-state index contributed by atoms with van der Waals surface area (Å²) in [6.45, 7) is 3.58. The summed E-state index contributed by atoms with van der Waals surface area (Å²) in [5.74, 6) is 0.431. The lowest BCUT2D eigenvalue weighted by Crippen LogP contribution is -2.46. The molecule has 0 fully saturated rings. The Hall–Kier alpha value is -1.38. The molecule has 2 aromatic rings. The van der Waals surface area contributed by atoms with Crippen LogP contribution in [-0.4, -0.2) is 32.0 Å². The van der Waals surface area contributed by atoms with Gasteiger partial charge in [0.2, 0.25) is 0 Å². The van der Waals surface area contributed by atoms with E-state index in [4.69, 9.17) is 15.4 Å². The molecule has 0 amide bonds. The van der Waals surface area contributed by atoms with E-state index in [0.29, 0.717) is 17.5 Å². The summed E-state index contributed by atoms with van der Waals surface area (Å²) >= 11 is 2.94. The molecule has 2 aromatic heterocycles. The number of aromatic nitrogens is 2. The van der Waals surface area contributed by atoms with Crippen LogP contribution in [-0.2, 0) is 10.5 Å². The second-order valence-electron chi connectivity index (χ2n) is 4.74. The number of thioether (sulfide) groups is 1. The molecule has 0 spiro atoms. The number of nitrogens with zero attached hydrogens (tertiary/aromatic N) is 2. The van der Waals surface area contributed by atoms with Gasteiger partial charge in [-0.05, 0) is 25.3 Å². The van der Waals surface area contributed by atoms with Gasteiger partial charge in [-0.15, -0.1) is 11.8 Å². The average molecular weight is 313 g/mol. The number of carboxylic acids is 1. The van der Waals surface area contributed by atoms with Gasteiger partial charge in [0, 0.05) is 10.1 Å². The standard InChI is InChI=1S/C12H15N3O3S2/c1-12(2,9(13)11(16)17)20-6-8-14-10(18-15-8)7-3-4-19-5-7/h3-5,9H,6,13H2,1-2H3,(H,16,17)/t9-/m0/s1. The number of nitrogens with two attached hydrogens (primary N) is 1. The van der Waals surface area contributed by atoms with Gasteiger partial charge in [-0.2, -0.15) is 16.3 Å². The predicted octanol–water partition coefficient (Wildman–Crippen LogP) is 2.22. The monoisotopic (exact) mass is 313 g/mol. The number of thiophene rings is 1.